The number of hydrogen-bond acceptors (Lipinski definition) is 2. The molecular weight excluding hydrogens is 288 g/mol. The second-order valence-electron chi connectivity index (χ2n) is 5.03. The highest BCUT2D eigenvalue weighted by Gasteiger charge is 2.03. The Morgan fingerprint density at radius 1 is 0.826 bits per heavy atom. The van der Waals surface area contributed by atoms with Crippen molar-refractivity contribution >= 4 is 11.9 Å². The van der Waals surface area contributed by atoms with Crippen LogP contribution in [-0.2, 0) is 17.9 Å². The van der Waals surface area contributed by atoms with Crippen LogP contribution in [0.25, 0.3) is 0 Å². The molecule has 0 unspecified atom stereocenters. The molecule has 2 rings (SSSR count). The highest BCUT2D eigenvalue weighted by atomic mass is 16.1. The maximum absolute atomic E-state index is 11.9. The molecule has 120 valence electrons. The van der Waals surface area contributed by atoms with E-state index in [1.807, 2.05) is 60.7 Å². The first-order valence-electron chi connectivity index (χ1n) is 7.57. The zero-order chi connectivity index (χ0) is 16.3. The number of amides is 1. The van der Waals surface area contributed by atoms with Crippen LogP contribution >= 0.6 is 0 Å². The fraction of sp³-hybridized carbons (Fsp3) is 0.222. The number of benzene rings is 2. The molecule has 2 aromatic carbocycles. The molecule has 5 heteroatoms. The number of guanidine groups is 1. The summed E-state index contributed by atoms with van der Waals surface area (Å²) in [5, 5.41) is 9.04. The summed E-state index contributed by atoms with van der Waals surface area (Å²) in [6.07, 6.45) is 0. The molecule has 0 radical (unpaired) electrons. The predicted octanol–water partition coefficient (Wildman–Crippen LogP) is 1.67. The van der Waals surface area contributed by atoms with Crippen molar-refractivity contribution in [2.45, 2.75) is 13.1 Å². The molecular formula is C18H22N4O. The summed E-state index contributed by atoms with van der Waals surface area (Å²) < 4.78 is 0. The van der Waals surface area contributed by atoms with Crippen molar-refractivity contribution in [3.8, 4) is 0 Å². The van der Waals surface area contributed by atoms with Gasteiger partial charge in [0.1, 0.15) is 0 Å². The molecule has 0 aliphatic rings. The third kappa shape index (κ3) is 6.22. The number of carbonyl (C=O) groups is 1. The molecule has 0 fully saturated rings. The quantitative estimate of drug-likeness (QED) is 0.562. The minimum Gasteiger partial charge on any atom is -0.352 e. The van der Waals surface area contributed by atoms with Gasteiger partial charge in [-0.3, -0.25) is 9.79 Å². The second-order valence-corrected chi connectivity index (χ2v) is 5.03. The molecule has 0 bridgehead atoms. The maximum Gasteiger partial charge on any atom is 0.239 e. The number of aliphatic imine (C=N–C) groups is 1. The molecule has 0 heterocycles. The third-order valence-corrected chi connectivity index (χ3v) is 3.28. The number of nitrogens with one attached hydrogen (secondary N) is 3. The van der Waals surface area contributed by atoms with Crippen LogP contribution in [0, 0.1) is 0 Å². The van der Waals surface area contributed by atoms with E-state index >= 15 is 0 Å². The SMILES string of the molecule is CN=C(NCC(=O)NCc1ccccc1)NCc1ccccc1. The Morgan fingerprint density at radius 3 is 1.87 bits per heavy atom. The van der Waals surface area contributed by atoms with E-state index in [0.29, 0.717) is 19.0 Å². The van der Waals surface area contributed by atoms with Gasteiger partial charge in [0.2, 0.25) is 5.91 Å². The standard InChI is InChI=1S/C18H22N4O/c1-19-18(21-13-16-10-6-3-7-11-16)22-14-17(23)20-12-15-8-4-2-5-9-15/h2-11H,12-14H2,1H3,(H,20,23)(H2,19,21,22). The summed E-state index contributed by atoms with van der Waals surface area (Å²) in [6, 6.07) is 19.9. The van der Waals surface area contributed by atoms with Crippen molar-refractivity contribution in [3.05, 3.63) is 71.8 Å². The van der Waals surface area contributed by atoms with Gasteiger partial charge in [0.05, 0.1) is 6.54 Å². The molecule has 5 nitrogen and oxygen atoms in total. The lowest BCUT2D eigenvalue weighted by Gasteiger charge is -2.12. The zero-order valence-electron chi connectivity index (χ0n) is 13.3. The van der Waals surface area contributed by atoms with Gasteiger partial charge >= 0.3 is 0 Å². The van der Waals surface area contributed by atoms with E-state index in [1.54, 1.807) is 7.05 Å². The zero-order valence-corrected chi connectivity index (χ0v) is 13.3. The van der Waals surface area contributed by atoms with Gasteiger partial charge in [-0.1, -0.05) is 60.7 Å². The van der Waals surface area contributed by atoms with Crippen molar-refractivity contribution < 1.29 is 4.79 Å². The van der Waals surface area contributed by atoms with Gasteiger partial charge in [0.25, 0.3) is 0 Å². The highest BCUT2D eigenvalue weighted by molar-refractivity contribution is 5.86. The Morgan fingerprint density at radius 2 is 1.35 bits per heavy atom. The van der Waals surface area contributed by atoms with E-state index < -0.39 is 0 Å². The van der Waals surface area contributed by atoms with Crippen molar-refractivity contribution in [3.63, 3.8) is 0 Å². The first-order chi connectivity index (χ1) is 11.3. The molecule has 1 amide bonds. The fourth-order valence-electron chi connectivity index (χ4n) is 2.03. The van der Waals surface area contributed by atoms with E-state index in [-0.39, 0.29) is 12.5 Å². The lowest BCUT2D eigenvalue weighted by atomic mass is 10.2. The molecule has 0 aliphatic carbocycles. The van der Waals surface area contributed by atoms with Crippen LogP contribution in [0.1, 0.15) is 11.1 Å². The van der Waals surface area contributed by atoms with Gasteiger partial charge in [-0.25, -0.2) is 0 Å². The summed E-state index contributed by atoms with van der Waals surface area (Å²) >= 11 is 0. The minimum atomic E-state index is -0.0727. The lowest BCUT2D eigenvalue weighted by Crippen LogP contribution is -2.42. The van der Waals surface area contributed by atoms with Gasteiger partial charge < -0.3 is 16.0 Å². The Labute approximate surface area is 136 Å². The molecule has 0 atom stereocenters. The second kappa shape index (κ2) is 9.25. The van der Waals surface area contributed by atoms with Crippen molar-refractivity contribution in [2.24, 2.45) is 4.99 Å². The average molecular weight is 310 g/mol. The minimum absolute atomic E-state index is 0.0727. The van der Waals surface area contributed by atoms with Crippen LogP contribution in [0.2, 0.25) is 0 Å². The largest absolute Gasteiger partial charge is 0.352 e. The van der Waals surface area contributed by atoms with Gasteiger partial charge in [-0.15, -0.1) is 0 Å². The first kappa shape index (κ1) is 16.5. The first-order valence-corrected chi connectivity index (χ1v) is 7.57. The van der Waals surface area contributed by atoms with E-state index in [9.17, 15) is 4.79 Å². The molecule has 3 N–H and O–H groups in total. The molecule has 0 spiro atoms. The molecule has 2 aromatic rings. The average Bonchev–Trinajstić information content (AvgIpc) is 2.62. The van der Waals surface area contributed by atoms with Crippen molar-refractivity contribution in [1.29, 1.82) is 0 Å². The number of rotatable bonds is 6. The molecule has 0 saturated carbocycles. The van der Waals surface area contributed by atoms with Crippen LogP contribution in [0.3, 0.4) is 0 Å². The summed E-state index contributed by atoms with van der Waals surface area (Å²) in [5.41, 5.74) is 2.23. The molecule has 0 aliphatic heterocycles. The lowest BCUT2D eigenvalue weighted by molar-refractivity contribution is -0.120. The van der Waals surface area contributed by atoms with Gasteiger partial charge in [0.15, 0.2) is 5.96 Å². The summed E-state index contributed by atoms with van der Waals surface area (Å²) in [4.78, 5) is 16.0. The van der Waals surface area contributed by atoms with E-state index in [0.717, 1.165) is 11.1 Å². The van der Waals surface area contributed by atoms with Crippen LogP contribution in [0.4, 0.5) is 0 Å². The van der Waals surface area contributed by atoms with E-state index in [2.05, 4.69) is 20.9 Å². The Bertz CT molecular complexity index is 626. The summed E-state index contributed by atoms with van der Waals surface area (Å²) in [7, 11) is 1.68. The van der Waals surface area contributed by atoms with E-state index in [1.165, 1.54) is 0 Å². The summed E-state index contributed by atoms with van der Waals surface area (Å²) in [6.45, 7) is 1.37. The smallest absolute Gasteiger partial charge is 0.239 e. The van der Waals surface area contributed by atoms with E-state index in [4.69, 9.17) is 0 Å². The Balaban J connectivity index is 1.69. The van der Waals surface area contributed by atoms with Crippen LogP contribution < -0.4 is 16.0 Å². The van der Waals surface area contributed by atoms with Crippen molar-refractivity contribution in [1.82, 2.24) is 16.0 Å². The van der Waals surface area contributed by atoms with Gasteiger partial charge in [-0.2, -0.15) is 0 Å². The van der Waals surface area contributed by atoms with Crippen molar-refractivity contribution in [2.75, 3.05) is 13.6 Å². The maximum atomic E-state index is 11.9. The number of nitrogens with zero attached hydrogens (tertiary/aromatic N) is 1. The van der Waals surface area contributed by atoms with Gasteiger partial charge in [0, 0.05) is 20.1 Å². The van der Waals surface area contributed by atoms with Crippen LogP contribution in [0.5, 0.6) is 0 Å². The van der Waals surface area contributed by atoms with Crippen LogP contribution in [-0.4, -0.2) is 25.5 Å². The predicted molar refractivity (Wildman–Crippen MR) is 92.9 cm³/mol. The fourth-order valence-corrected chi connectivity index (χ4v) is 2.03. The topological polar surface area (TPSA) is 65.5 Å². The van der Waals surface area contributed by atoms with Crippen LogP contribution in [0.15, 0.2) is 65.7 Å². The Kier molecular flexibility index (Phi) is 6.65. The highest BCUT2D eigenvalue weighted by Crippen LogP contribution is 1.97. The summed E-state index contributed by atoms with van der Waals surface area (Å²) in [5.74, 6) is 0.528. The number of hydrogen-bond donors (Lipinski definition) is 3. The normalized spacial score (nSPS) is 10.9. The van der Waals surface area contributed by atoms with Gasteiger partial charge in [-0.05, 0) is 11.1 Å². The molecule has 0 saturated heterocycles. The Hall–Kier alpha value is -2.82. The molecule has 23 heavy (non-hydrogen) atoms. The third-order valence-electron chi connectivity index (χ3n) is 3.28. The monoisotopic (exact) mass is 310 g/mol. The molecule has 0 aromatic heterocycles. The number of carbonyl (C=O) groups excluding carboxylic acids is 1.